The molecule has 0 spiro atoms. The van der Waals surface area contributed by atoms with Gasteiger partial charge in [-0.15, -0.1) is 0 Å². The van der Waals surface area contributed by atoms with E-state index in [9.17, 15) is 9.59 Å². The van der Waals surface area contributed by atoms with Gasteiger partial charge in [0.05, 0.1) is 13.2 Å². The van der Waals surface area contributed by atoms with Crippen LogP contribution in [0, 0.1) is 0 Å². The third kappa shape index (κ3) is 18.6. The van der Waals surface area contributed by atoms with Gasteiger partial charge in [0.15, 0.2) is 0 Å². The number of alkyl halides is 2. The molecule has 136 valence electrons. The smallest absolute Gasteiger partial charge is 0.305 e. The van der Waals surface area contributed by atoms with Gasteiger partial charge in [0.2, 0.25) is 0 Å². The molecule has 0 N–H and O–H groups in total. The van der Waals surface area contributed by atoms with E-state index in [-0.39, 0.29) is 11.9 Å². The van der Waals surface area contributed by atoms with E-state index in [1.165, 1.54) is 0 Å². The first-order valence-corrected chi connectivity index (χ1v) is 11.0. The van der Waals surface area contributed by atoms with Gasteiger partial charge in [-0.1, -0.05) is 78.3 Å². The van der Waals surface area contributed by atoms with E-state index < -0.39 is 0 Å². The SMILES string of the molecule is CC(I)CCC(=O)OCCCCCCCOC(=O)CCC(C)I. The van der Waals surface area contributed by atoms with Gasteiger partial charge in [-0.05, 0) is 25.7 Å². The molecule has 0 aromatic rings. The van der Waals surface area contributed by atoms with Gasteiger partial charge in [0.25, 0.3) is 0 Å². The molecule has 0 heterocycles. The second kappa shape index (κ2) is 15.9. The number of ether oxygens (including phenoxy) is 2. The molecule has 0 fully saturated rings. The molecule has 2 atom stereocenters. The summed E-state index contributed by atoms with van der Waals surface area (Å²) in [7, 11) is 0. The lowest BCUT2D eigenvalue weighted by Crippen LogP contribution is -2.08. The highest BCUT2D eigenvalue weighted by Crippen LogP contribution is 2.10. The van der Waals surface area contributed by atoms with Crippen LogP contribution in [0.2, 0.25) is 0 Å². The summed E-state index contributed by atoms with van der Waals surface area (Å²) in [6.45, 7) is 5.24. The van der Waals surface area contributed by atoms with Crippen LogP contribution in [0.1, 0.15) is 71.6 Å². The van der Waals surface area contributed by atoms with Gasteiger partial charge in [-0.2, -0.15) is 0 Å². The molecule has 23 heavy (non-hydrogen) atoms. The van der Waals surface area contributed by atoms with Crippen LogP contribution in [0.15, 0.2) is 0 Å². The highest BCUT2D eigenvalue weighted by molar-refractivity contribution is 14.1. The van der Waals surface area contributed by atoms with E-state index >= 15 is 0 Å². The van der Waals surface area contributed by atoms with E-state index in [0.29, 0.717) is 33.9 Å². The topological polar surface area (TPSA) is 52.6 Å². The lowest BCUT2D eigenvalue weighted by molar-refractivity contribution is -0.144. The molecule has 0 radical (unpaired) electrons. The Hall–Kier alpha value is 0.400. The number of rotatable bonds is 14. The number of carbonyl (C=O) groups is 2. The molecule has 0 rings (SSSR count). The molecule has 0 aliphatic heterocycles. The Bertz CT molecular complexity index is 290. The number of unbranched alkanes of at least 4 members (excludes halogenated alkanes) is 4. The van der Waals surface area contributed by atoms with Crippen LogP contribution in [0.3, 0.4) is 0 Å². The normalized spacial score (nSPS) is 13.4. The summed E-state index contributed by atoms with van der Waals surface area (Å²) in [5.41, 5.74) is 0. The standard InChI is InChI=1S/C17H30I2O4/c1-14(18)8-10-16(20)22-12-6-4-3-5-7-13-23-17(21)11-9-15(2)19/h14-15H,3-13H2,1-2H3. The molecule has 0 amide bonds. The Balaban J connectivity index is 3.27. The zero-order valence-corrected chi connectivity index (χ0v) is 18.6. The molecular weight excluding hydrogens is 522 g/mol. The fraction of sp³-hybridized carbons (Fsp3) is 0.882. The average Bonchev–Trinajstić information content (AvgIpc) is 2.49. The van der Waals surface area contributed by atoms with Gasteiger partial charge in [0.1, 0.15) is 0 Å². The second-order valence-corrected chi connectivity index (χ2v) is 10.1. The minimum Gasteiger partial charge on any atom is -0.466 e. The zero-order valence-electron chi connectivity index (χ0n) is 14.3. The van der Waals surface area contributed by atoms with Crippen LogP contribution < -0.4 is 0 Å². The van der Waals surface area contributed by atoms with Crippen LogP contribution in [-0.2, 0) is 19.1 Å². The van der Waals surface area contributed by atoms with E-state index in [1.54, 1.807) is 0 Å². The van der Waals surface area contributed by atoms with Crippen molar-refractivity contribution in [2.45, 2.75) is 79.5 Å². The van der Waals surface area contributed by atoms with Crippen molar-refractivity contribution in [3.8, 4) is 0 Å². The van der Waals surface area contributed by atoms with Gasteiger partial charge in [0, 0.05) is 20.7 Å². The lowest BCUT2D eigenvalue weighted by Gasteiger charge is -2.07. The maximum atomic E-state index is 11.4. The van der Waals surface area contributed by atoms with Crippen LogP contribution in [-0.4, -0.2) is 33.0 Å². The number of hydrogen-bond donors (Lipinski definition) is 0. The molecule has 4 nitrogen and oxygen atoms in total. The summed E-state index contributed by atoms with van der Waals surface area (Å²) < 4.78 is 11.4. The number of carbonyl (C=O) groups excluding carboxylic acids is 2. The summed E-state index contributed by atoms with van der Waals surface area (Å²) in [5, 5.41) is 0. The predicted molar refractivity (Wildman–Crippen MR) is 110 cm³/mol. The van der Waals surface area contributed by atoms with Gasteiger partial charge in [-0.3, -0.25) is 9.59 Å². The van der Waals surface area contributed by atoms with Crippen molar-refractivity contribution in [2.75, 3.05) is 13.2 Å². The summed E-state index contributed by atoms with van der Waals surface area (Å²) in [6.07, 6.45) is 7.83. The Morgan fingerprint density at radius 3 is 1.43 bits per heavy atom. The highest BCUT2D eigenvalue weighted by atomic mass is 127. The van der Waals surface area contributed by atoms with Gasteiger partial charge >= 0.3 is 11.9 Å². The Kier molecular flexibility index (Phi) is 16.2. The molecule has 0 aliphatic carbocycles. The lowest BCUT2D eigenvalue weighted by atomic mass is 10.1. The van der Waals surface area contributed by atoms with Crippen LogP contribution >= 0.6 is 45.2 Å². The molecule has 0 aliphatic rings. The highest BCUT2D eigenvalue weighted by Gasteiger charge is 2.06. The fourth-order valence-electron chi connectivity index (χ4n) is 1.88. The number of hydrogen-bond acceptors (Lipinski definition) is 4. The molecule has 0 aromatic carbocycles. The summed E-state index contributed by atoms with van der Waals surface area (Å²) >= 11 is 4.63. The Morgan fingerprint density at radius 2 is 1.09 bits per heavy atom. The van der Waals surface area contributed by atoms with Crippen molar-refractivity contribution in [1.82, 2.24) is 0 Å². The fourth-order valence-corrected chi connectivity index (χ4v) is 2.51. The van der Waals surface area contributed by atoms with Crippen LogP contribution in [0.25, 0.3) is 0 Å². The maximum absolute atomic E-state index is 11.4. The van der Waals surface area contributed by atoms with Crippen molar-refractivity contribution in [3.05, 3.63) is 0 Å². The Morgan fingerprint density at radius 1 is 0.739 bits per heavy atom. The summed E-state index contributed by atoms with van der Waals surface area (Å²) in [4.78, 5) is 22.8. The van der Waals surface area contributed by atoms with Crippen LogP contribution in [0.4, 0.5) is 0 Å². The first-order valence-electron chi connectivity index (χ1n) is 8.51. The van der Waals surface area contributed by atoms with Gasteiger partial charge in [-0.25, -0.2) is 0 Å². The van der Waals surface area contributed by atoms with Crippen molar-refractivity contribution < 1.29 is 19.1 Å². The molecule has 6 heteroatoms. The van der Waals surface area contributed by atoms with E-state index in [0.717, 1.165) is 44.9 Å². The third-order valence-electron chi connectivity index (χ3n) is 3.31. The first-order chi connectivity index (χ1) is 10.9. The van der Waals surface area contributed by atoms with E-state index in [1.807, 2.05) is 0 Å². The number of esters is 2. The summed E-state index contributed by atoms with van der Waals surface area (Å²) in [5.74, 6) is -0.164. The molecule has 2 unspecified atom stereocenters. The minimum absolute atomic E-state index is 0.0822. The molecule has 0 saturated carbocycles. The number of halogens is 2. The summed E-state index contributed by atoms with van der Waals surface area (Å²) in [6, 6.07) is 0. The van der Waals surface area contributed by atoms with Crippen LogP contribution in [0.5, 0.6) is 0 Å². The zero-order chi connectivity index (χ0) is 17.5. The second-order valence-electron chi connectivity index (χ2n) is 5.85. The van der Waals surface area contributed by atoms with E-state index in [2.05, 4.69) is 59.0 Å². The quantitative estimate of drug-likeness (QED) is 0.128. The Labute approximate surface area is 168 Å². The third-order valence-corrected chi connectivity index (χ3v) is 4.55. The molecule has 0 bridgehead atoms. The minimum atomic E-state index is -0.0822. The molecule has 0 aromatic heterocycles. The van der Waals surface area contributed by atoms with E-state index in [4.69, 9.17) is 9.47 Å². The average molecular weight is 552 g/mol. The van der Waals surface area contributed by atoms with Crippen molar-refractivity contribution in [1.29, 1.82) is 0 Å². The predicted octanol–water partition coefficient (Wildman–Crippen LogP) is 5.23. The van der Waals surface area contributed by atoms with Crippen molar-refractivity contribution in [2.24, 2.45) is 0 Å². The molecule has 0 saturated heterocycles. The maximum Gasteiger partial charge on any atom is 0.305 e. The van der Waals surface area contributed by atoms with Crippen molar-refractivity contribution >= 4 is 57.1 Å². The van der Waals surface area contributed by atoms with Crippen molar-refractivity contribution in [3.63, 3.8) is 0 Å². The largest absolute Gasteiger partial charge is 0.466 e. The van der Waals surface area contributed by atoms with Gasteiger partial charge < -0.3 is 9.47 Å². The first kappa shape index (κ1) is 23.4. The monoisotopic (exact) mass is 552 g/mol. The molecular formula is C17H30I2O4.